The summed E-state index contributed by atoms with van der Waals surface area (Å²) >= 11 is 6.16. The zero-order valence-electron chi connectivity index (χ0n) is 16.0. The number of halogens is 1. The molecule has 0 saturated carbocycles. The first-order chi connectivity index (χ1) is 13.4. The van der Waals surface area contributed by atoms with Crippen molar-refractivity contribution < 1.29 is 9.59 Å². The van der Waals surface area contributed by atoms with E-state index in [0.29, 0.717) is 35.3 Å². The molecule has 9 heteroatoms. The van der Waals surface area contributed by atoms with Crippen molar-refractivity contribution in [1.82, 2.24) is 14.7 Å². The summed E-state index contributed by atoms with van der Waals surface area (Å²) in [7, 11) is 0. The number of aromatic nitrogens is 2. The Labute approximate surface area is 167 Å². The number of hydrogen-bond donors (Lipinski definition) is 1. The molecule has 4 rings (SSSR count). The maximum atomic E-state index is 13.0. The zero-order valence-corrected chi connectivity index (χ0v) is 16.7. The van der Waals surface area contributed by atoms with E-state index in [4.69, 9.17) is 11.6 Å². The van der Waals surface area contributed by atoms with Gasteiger partial charge in [0, 0.05) is 23.7 Å². The van der Waals surface area contributed by atoms with E-state index in [1.807, 2.05) is 31.5 Å². The van der Waals surface area contributed by atoms with Gasteiger partial charge in [0.05, 0.1) is 29.3 Å². The largest absolute Gasteiger partial charge is 0.330 e. The third-order valence-corrected chi connectivity index (χ3v) is 5.28. The number of hydrogen-bond acceptors (Lipinski definition) is 4. The number of amides is 3. The molecular weight excluding hydrogens is 380 g/mol. The molecule has 28 heavy (non-hydrogen) atoms. The molecule has 0 atom stereocenters. The minimum absolute atomic E-state index is 0.119. The van der Waals surface area contributed by atoms with Crippen molar-refractivity contribution in [3.63, 3.8) is 0 Å². The van der Waals surface area contributed by atoms with Gasteiger partial charge in [-0.2, -0.15) is 5.10 Å². The number of aryl methyl sites for hydroxylation is 2. The second-order valence-electron chi connectivity index (χ2n) is 6.80. The van der Waals surface area contributed by atoms with Gasteiger partial charge in [-0.05, 0) is 39.0 Å². The molecule has 0 saturated heterocycles. The lowest BCUT2D eigenvalue weighted by atomic mass is 10.1. The SMILES string of the molecule is CCn1nc(C)c(NC(=O)CN2C(=O)N3CCN=C3c3ccc(Cl)cc32)c1C. The minimum atomic E-state index is -0.291. The number of anilines is 2. The molecule has 1 aromatic carbocycles. The number of nitrogens with zero attached hydrogens (tertiary/aromatic N) is 5. The smallest absolute Gasteiger partial charge is 0.321 e. The van der Waals surface area contributed by atoms with E-state index in [0.717, 1.165) is 23.5 Å². The Kier molecular flexibility index (Phi) is 4.58. The van der Waals surface area contributed by atoms with E-state index in [1.165, 1.54) is 4.90 Å². The Morgan fingerprint density at radius 2 is 2.11 bits per heavy atom. The van der Waals surface area contributed by atoms with E-state index in [-0.39, 0.29) is 18.5 Å². The van der Waals surface area contributed by atoms with E-state index in [9.17, 15) is 9.59 Å². The first-order valence-electron chi connectivity index (χ1n) is 9.18. The normalized spacial score (nSPS) is 15.4. The summed E-state index contributed by atoms with van der Waals surface area (Å²) in [4.78, 5) is 33.3. The fourth-order valence-corrected chi connectivity index (χ4v) is 3.86. The van der Waals surface area contributed by atoms with E-state index in [1.54, 1.807) is 17.0 Å². The number of fused-ring (bicyclic) bond motifs is 3. The number of rotatable bonds is 4. The molecular formula is C19H21ClN6O2. The first kappa shape index (κ1) is 18.5. The van der Waals surface area contributed by atoms with Gasteiger partial charge >= 0.3 is 6.03 Å². The average Bonchev–Trinajstić information content (AvgIpc) is 3.25. The van der Waals surface area contributed by atoms with E-state index < -0.39 is 0 Å². The third kappa shape index (κ3) is 2.93. The second-order valence-corrected chi connectivity index (χ2v) is 7.23. The number of carbonyl (C=O) groups is 2. The molecule has 1 N–H and O–H groups in total. The van der Waals surface area contributed by atoms with Crippen LogP contribution < -0.4 is 10.2 Å². The standard InChI is InChI=1S/C19H21ClN6O2/c1-4-26-12(3)17(11(2)23-26)22-16(27)10-25-15-9-13(20)5-6-14(15)18-21-7-8-24(18)19(25)28/h5-6,9H,4,7-8,10H2,1-3H3,(H,22,27). The molecule has 0 unspecified atom stereocenters. The van der Waals surface area contributed by atoms with Crippen LogP contribution in [0.4, 0.5) is 16.2 Å². The average molecular weight is 401 g/mol. The van der Waals surface area contributed by atoms with Gasteiger partial charge in [-0.15, -0.1) is 0 Å². The van der Waals surface area contributed by atoms with E-state index in [2.05, 4.69) is 15.4 Å². The van der Waals surface area contributed by atoms with Crippen LogP contribution in [-0.4, -0.2) is 52.1 Å². The van der Waals surface area contributed by atoms with Crippen LogP contribution in [0.15, 0.2) is 23.2 Å². The number of carbonyl (C=O) groups excluding carboxylic acids is 2. The predicted molar refractivity (Wildman–Crippen MR) is 108 cm³/mol. The topological polar surface area (TPSA) is 82.8 Å². The molecule has 2 aliphatic heterocycles. The number of benzene rings is 1. The van der Waals surface area contributed by atoms with Gasteiger partial charge in [-0.25, -0.2) is 4.79 Å². The highest BCUT2D eigenvalue weighted by atomic mass is 35.5. The summed E-state index contributed by atoms with van der Waals surface area (Å²) in [6.45, 7) is 7.42. The molecule has 3 heterocycles. The van der Waals surface area contributed by atoms with Crippen molar-refractivity contribution in [2.45, 2.75) is 27.3 Å². The molecule has 0 bridgehead atoms. The summed E-state index contributed by atoms with van der Waals surface area (Å²) in [5.41, 5.74) is 3.72. The molecule has 0 radical (unpaired) electrons. The van der Waals surface area contributed by atoms with Crippen LogP contribution in [0.3, 0.4) is 0 Å². The number of nitrogens with one attached hydrogen (secondary N) is 1. The summed E-state index contributed by atoms with van der Waals surface area (Å²) in [5, 5.41) is 7.82. The van der Waals surface area contributed by atoms with Gasteiger partial charge in [0.2, 0.25) is 5.91 Å². The summed E-state index contributed by atoms with van der Waals surface area (Å²) in [6, 6.07) is 5.04. The van der Waals surface area contributed by atoms with Crippen molar-refractivity contribution in [3.8, 4) is 0 Å². The van der Waals surface area contributed by atoms with Crippen LogP contribution in [0.5, 0.6) is 0 Å². The molecule has 1 aromatic heterocycles. The van der Waals surface area contributed by atoms with Crippen molar-refractivity contribution in [3.05, 3.63) is 40.2 Å². The van der Waals surface area contributed by atoms with Gasteiger partial charge in [0.25, 0.3) is 0 Å². The highest BCUT2D eigenvalue weighted by molar-refractivity contribution is 6.32. The highest BCUT2D eigenvalue weighted by Crippen LogP contribution is 2.33. The Morgan fingerprint density at radius 1 is 1.32 bits per heavy atom. The van der Waals surface area contributed by atoms with Crippen LogP contribution in [0, 0.1) is 13.8 Å². The summed E-state index contributed by atoms with van der Waals surface area (Å²) in [5.74, 6) is 0.352. The molecule has 146 valence electrons. The monoisotopic (exact) mass is 400 g/mol. The maximum Gasteiger partial charge on any atom is 0.330 e. The van der Waals surface area contributed by atoms with Crippen molar-refractivity contribution in [2.75, 3.05) is 29.9 Å². The lowest BCUT2D eigenvalue weighted by molar-refractivity contribution is -0.114. The van der Waals surface area contributed by atoms with Crippen LogP contribution in [0.25, 0.3) is 0 Å². The Hall–Kier alpha value is -2.87. The molecule has 2 aliphatic rings. The number of aliphatic imine (C=N–C) groups is 1. The van der Waals surface area contributed by atoms with Gasteiger partial charge < -0.3 is 5.32 Å². The predicted octanol–water partition coefficient (Wildman–Crippen LogP) is 2.81. The van der Waals surface area contributed by atoms with Gasteiger partial charge in [0.15, 0.2) is 0 Å². The fourth-order valence-electron chi connectivity index (χ4n) is 3.69. The van der Waals surface area contributed by atoms with E-state index >= 15 is 0 Å². The van der Waals surface area contributed by atoms with Crippen LogP contribution in [-0.2, 0) is 11.3 Å². The van der Waals surface area contributed by atoms with Gasteiger partial charge in [-0.3, -0.25) is 24.3 Å². The van der Waals surface area contributed by atoms with Crippen molar-refractivity contribution in [2.24, 2.45) is 4.99 Å². The second kappa shape index (κ2) is 6.94. The molecule has 3 amide bonds. The van der Waals surface area contributed by atoms with Crippen LogP contribution in [0.1, 0.15) is 23.9 Å². The zero-order chi connectivity index (χ0) is 20.0. The minimum Gasteiger partial charge on any atom is -0.321 e. The third-order valence-electron chi connectivity index (χ3n) is 5.04. The number of urea groups is 1. The Bertz CT molecular complexity index is 1010. The summed E-state index contributed by atoms with van der Waals surface area (Å²) in [6.07, 6.45) is 0. The van der Waals surface area contributed by atoms with Crippen molar-refractivity contribution >= 4 is 40.7 Å². The Balaban J connectivity index is 1.63. The van der Waals surface area contributed by atoms with Gasteiger partial charge in [-0.1, -0.05) is 11.6 Å². The molecule has 0 aliphatic carbocycles. The molecule has 0 fully saturated rings. The molecule has 0 spiro atoms. The van der Waals surface area contributed by atoms with Crippen molar-refractivity contribution in [1.29, 1.82) is 0 Å². The highest BCUT2D eigenvalue weighted by Gasteiger charge is 2.38. The number of amidine groups is 1. The summed E-state index contributed by atoms with van der Waals surface area (Å²) < 4.78 is 1.83. The lowest BCUT2D eigenvalue weighted by Gasteiger charge is -2.35. The first-order valence-corrected chi connectivity index (χ1v) is 9.55. The quantitative estimate of drug-likeness (QED) is 0.856. The van der Waals surface area contributed by atoms with Gasteiger partial charge in [0.1, 0.15) is 12.4 Å². The maximum absolute atomic E-state index is 13.0. The van der Waals surface area contributed by atoms with Crippen LogP contribution >= 0.6 is 11.6 Å². The van der Waals surface area contributed by atoms with Crippen LogP contribution in [0.2, 0.25) is 5.02 Å². The molecule has 8 nitrogen and oxygen atoms in total. The Morgan fingerprint density at radius 3 is 2.82 bits per heavy atom. The fraction of sp³-hybridized carbons (Fsp3) is 0.368. The molecule has 2 aromatic rings. The lowest BCUT2D eigenvalue weighted by Crippen LogP contribution is -2.52.